The molecule has 1 atom stereocenters. The summed E-state index contributed by atoms with van der Waals surface area (Å²) in [7, 11) is 3.68. The smallest absolute Gasteiger partial charge is 0.190 e. The van der Waals surface area contributed by atoms with E-state index >= 15 is 0 Å². The van der Waals surface area contributed by atoms with Gasteiger partial charge in [0.15, 0.2) is 5.96 Å². The Morgan fingerprint density at radius 1 is 1.53 bits per heavy atom. The van der Waals surface area contributed by atoms with Crippen molar-refractivity contribution in [3.05, 3.63) is 0 Å². The number of nitrogens with zero attached hydrogens (tertiary/aromatic N) is 2. The van der Waals surface area contributed by atoms with Crippen molar-refractivity contribution >= 4 is 5.96 Å². The van der Waals surface area contributed by atoms with Crippen LogP contribution in [0, 0.1) is 5.92 Å². The van der Waals surface area contributed by atoms with Gasteiger partial charge in [-0.2, -0.15) is 0 Å². The quantitative estimate of drug-likeness (QED) is 0.529. The van der Waals surface area contributed by atoms with E-state index in [9.17, 15) is 0 Å². The topological polar surface area (TPSA) is 39.7 Å². The van der Waals surface area contributed by atoms with Gasteiger partial charge in [0, 0.05) is 33.7 Å². The van der Waals surface area contributed by atoms with Gasteiger partial charge in [-0.3, -0.25) is 4.99 Å². The zero-order valence-corrected chi connectivity index (χ0v) is 10.2. The first-order chi connectivity index (χ1) is 7.26. The molecule has 0 aliphatic carbocycles. The summed E-state index contributed by atoms with van der Waals surface area (Å²) in [6.45, 7) is 6.93. The molecule has 0 aromatic carbocycles. The molecular weight excluding hydrogens is 188 g/mol. The van der Waals surface area contributed by atoms with Gasteiger partial charge >= 0.3 is 0 Å². The molecule has 0 bridgehead atoms. The van der Waals surface area contributed by atoms with Gasteiger partial charge in [-0.25, -0.2) is 0 Å². The Balaban J connectivity index is 2.14. The van der Waals surface area contributed by atoms with Gasteiger partial charge in [-0.15, -0.1) is 0 Å². The van der Waals surface area contributed by atoms with Gasteiger partial charge in [0.05, 0.1) is 0 Å². The van der Waals surface area contributed by atoms with Crippen LogP contribution >= 0.6 is 0 Å². The molecule has 88 valence electrons. The number of piperidine rings is 1. The summed E-state index contributed by atoms with van der Waals surface area (Å²) in [5.74, 6) is 1.74. The molecule has 1 saturated heterocycles. The van der Waals surface area contributed by atoms with Crippen molar-refractivity contribution < 1.29 is 0 Å². The predicted molar refractivity (Wildman–Crippen MR) is 65.3 cm³/mol. The van der Waals surface area contributed by atoms with Gasteiger partial charge < -0.3 is 15.5 Å². The molecule has 0 radical (unpaired) electrons. The summed E-state index contributed by atoms with van der Waals surface area (Å²) >= 11 is 0. The number of rotatable bonds is 3. The Kier molecular flexibility index (Phi) is 5.47. The molecule has 4 nitrogen and oxygen atoms in total. The standard InChI is InChI=1S/C11H24N4/c1-10-5-4-7-15(9-10)8-6-14-11(12-2)13-3/h10H,4-9H2,1-3H3,(H2,12,13,14). The highest BCUT2D eigenvalue weighted by Gasteiger charge is 2.15. The summed E-state index contributed by atoms with van der Waals surface area (Å²) in [4.78, 5) is 6.61. The minimum atomic E-state index is 0.863. The van der Waals surface area contributed by atoms with Crippen LogP contribution in [0.5, 0.6) is 0 Å². The Morgan fingerprint density at radius 3 is 2.93 bits per heavy atom. The second kappa shape index (κ2) is 6.67. The van der Waals surface area contributed by atoms with Gasteiger partial charge in [-0.05, 0) is 25.3 Å². The maximum absolute atomic E-state index is 4.08. The fraction of sp³-hybridized carbons (Fsp3) is 0.909. The van der Waals surface area contributed by atoms with Crippen molar-refractivity contribution in [3.63, 3.8) is 0 Å². The van der Waals surface area contributed by atoms with Crippen LogP contribution in [0.15, 0.2) is 4.99 Å². The van der Waals surface area contributed by atoms with Crippen molar-refractivity contribution in [2.45, 2.75) is 19.8 Å². The van der Waals surface area contributed by atoms with E-state index in [1.54, 1.807) is 7.05 Å². The highest BCUT2D eigenvalue weighted by molar-refractivity contribution is 5.79. The number of aliphatic imine (C=N–C) groups is 1. The monoisotopic (exact) mass is 212 g/mol. The third-order valence-corrected chi connectivity index (χ3v) is 2.92. The molecule has 1 aliphatic heterocycles. The Labute approximate surface area is 93.1 Å². The largest absolute Gasteiger partial charge is 0.359 e. The molecule has 1 aliphatic rings. The molecule has 1 unspecified atom stereocenters. The maximum atomic E-state index is 4.08. The van der Waals surface area contributed by atoms with Gasteiger partial charge in [-0.1, -0.05) is 6.92 Å². The number of hydrogen-bond donors (Lipinski definition) is 2. The van der Waals surface area contributed by atoms with E-state index in [0.29, 0.717) is 0 Å². The Bertz CT molecular complexity index is 203. The molecule has 0 aromatic heterocycles. The third kappa shape index (κ3) is 4.51. The zero-order valence-electron chi connectivity index (χ0n) is 10.2. The van der Waals surface area contributed by atoms with Gasteiger partial charge in [0.2, 0.25) is 0 Å². The number of hydrogen-bond acceptors (Lipinski definition) is 2. The summed E-state index contributed by atoms with van der Waals surface area (Å²) in [5, 5.41) is 6.30. The van der Waals surface area contributed by atoms with Crippen LogP contribution in [0.3, 0.4) is 0 Å². The predicted octanol–water partition coefficient (Wildman–Crippen LogP) is 0.513. The van der Waals surface area contributed by atoms with E-state index in [0.717, 1.165) is 25.0 Å². The molecule has 15 heavy (non-hydrogen) atoms. The highest BCUT2D eigenvalue weighted by Crippen LogP contribution is 2.14. The van der Waals surface area contributed by atoms with Crippen molar-refractivity contribution in [1.29, 1.82) is 0 Å². The minimum absolute atomic E-state index is 0.863. The number of likely N-dealkylation sites (tertiary alicyclic amines) is 1. The van der Waals surface area contributed by atoms with Crippen LogP contribution in [-0.2, 0) is 0 Å². The Morgan fingerprint density at radius 2 is 2.33 bits per heavy atom. The first-order valence-corrected chi connectivity index (χ1v) is 5.87. The summed E-state index contributed by atoms with van der Waals surface area (Å²) in [5.41, 5.74) is 0. The average Bonchev–Trinajstić information content (AvgIpc) is 2.25. The summed E-state index contributed by atoms with van der Waals surface area (Å²) in [6, 6.07) is 0. The molecular formula is C11H24N4. The first kappa shape index (κ1) is 12.3. The van der Waals surface area contributed by atoms with Crippen molar-refractivity contribution in [2.75, 3.05) is 40.3 Å². The molecule has 1 fully saturated rings. The van der Waals surface area contributed by atoms with Crippen molar-refractivity contribution in [3.8, 4) is 0 Å². The molecule has 2 N–H and O–H groups in total. The van der Waals surface area contributed by atoms with Gasteiger partial charge in [0.25, 0.3) is 0 Å². The molecule has 0 amide bonds. The van der Waals surface area contributed by atoms with Crippen LogP contribution in [0.25, 0.3) is 0 Å². The minimum Gasteiger partial charge on any atom is -0.359 e. The molecule has 4 heteroatoms. The van der Waals surface area contributed by atoms with Crippen LogP contribution in [-0.4, -0.2) is 51.1 Å². The van der Waals surface area contributed by atoms with E-state index in [1.165, 1.54) is 25.9 Å². The van der Waals surface area contributed by atoms with E-state index in [-0.39, 0.29) is 0 Å². The molecule has 0 spiro atoms. The van der Waals surface area contributed by atoms with Crippen LogP contribution in [0.4, 0.5) is 0 Å². The van der Waals surface area contributed by atoms with Crippen LogP contribution in [0.1, 0.15) is 19.8 Å². The number of guanidine groups is 1. The summed E-state index contributed by atoms with van der Waals surface area (Å²) < 4.78 is 0. The van der Waals surface area contributed by atoms with E-state index in [2.05, 4.69) is 27.4 Å². The average molecular weight is 212 g/mol. The fourth-order valence-electron chi connectivity index (χ4n) is 2.10. The van der Waals surface area contributed by atoms with Gasteiger partial charge in [0.1, 0.15) is 0 Å². The van der Waals surface area contributed by atoms with Crippen LogP contribution < -0.4 is 10.6 Å². The second-order valence-corrected chi connectivity index (χ2v) is 4.30. The van der Waals surface area contributed by atoms with Crippen molar-refractivity contribution in [2.24, 2.45) is 10.9 Å². The highest BCUT2D eigenvalue weighted by atomic mass is 15.2. The maximum Gasteiger partial charge on any atom is 0.190 e. The number of nitrogens with one attached hydrogen (secondary N) is 2. The zero-order chi connectivity index (χ0) is 11.1. The lowest BCUT2D eigenvalue weighted by Gasteiger charge is -2.30. The lowest BCUT2D eigenvalue weighted by Crippen LogP contribution is -2.42. The lowest BCUT2D eigenvalue weighted by atomic mass is 10.0. The third-order valence-electron chi connectivity index (χ3n) is 2.92. The molecule has 0 aromatic rings. The summed E-state index contributed by atoms with van der Waals surface area (Å²) in [6.07, 6.45) is 2.74. The van der Waals surface area contributed by atoms with Crippen molar-refractivity contribution in [1.82, 2.24) is 15.5 Å². The first-order valence-electron chi connectivity index (χ1n) is 5.87. The molecule has 0 saturated carbocycles. The fourth-order valence-corrected chi connectivity index (χ4v) is 2.10. The second-order valence-electron chi connectivity index (χ2n) is 4.30. The van der Waals surface area contributed by atoms with E-state index < -0.39 is 0 Å². The molecule has 1 heterocycles. The SMILES string of the molecule is CN=C(NC)NCCN1CCCC(C)C1. The van der Waals surface area contributed by atoms with E-state index in [1.807, 2.05) is 7.05 Å². The normalized spacial score (nSPS) is 23.9. The molecule has 1 rings (SSSR count). The lowest BCUT2D eigenvalue weighted by molar-refractivity contribution is 0.187. The Hall–Kier alpha value is -0.770. The van der Waals surface area contributed by atoms with Crippen LogP contribution in [0.2, 0.25) is 0 Å². The van der Waals surface area contributed by atoms with E-state index in [4.69, 9.17) is 0 Å².